The predicted molar refractivity (Wildman–Crippen MR) is 67.1 cm³/mol. The van der Waals surface area contributed by atoms with Gasteiger partial charge in [-0.15, -0.1) is 11.3 Å². The van der Waals surface area contributed by atoms with Gasteiger partial charge in [-0.1, -0.05) is 0 Å². The second-order valence-electron chi connectivity index (χ2n) is 4.09. The lowest BCUT2D eigenvalue weighted by atomic mass is 10.1. The zero-order valence-corrected chi connectivity index (χ0v) is 11.1. The summed E-state index contributed by atoms with van der Waals surface area (Å²) in [7, 11) is 0. The van der Waals surface area contributed by atoms with Crippen LogP contribution in [0.25, 0.3) is 0 Å². The third kappa shape index (κ3) is 3.03. The molecule has 2 rings (SSSR count). The molecule has 1 aliphatic heterocycles. The molecule has 0 amide bonds. The molecule has 1 aromatic rings. The van der Waals surface area contributed by atoms with Gasteiger partial charge < -0.3 is 5.11 Å². The van der Waals surface area contributed by atoms with Crippen molar-refractivity contribution in [3.63, 3.8) is 0 Å². The van der Waals surface area contributed by atoms with Gasteiger partial charge in [0.05, 0.1) is 0 Å². The quantitative estimate of drug-likeness (QED) is 0.921. The van der Waals surface area contributed by atoms with E-state index in [9.17, 15) is 0 Å². The number of halogens is 1. The van der Waals surface area contributed by atoms with E-state index in [0.717, 1.165) is 19.5 Å². The Kier molecular flexibility index (Phi) is 4.20. The highest BCUT2D eigenvalue weighted by Crippen LogP contribution is 2.27. The molecule has 1 atom stereocenters. The minimum atomic E-state index is 0.335. The number of nitrogens with zero attached hydrogens (tertiary/aromatic N) is 1. The van der Waals surface area contributed by atoms with E-state index >= 15 is 0 Å². The molecule has 0 spiro atoms. The first-order chi connectivity index (χ1) is 7.29. The summed E-state index contributed by atoms with van der Waals surface area (Å²) in [4.78, 5) is 3.90. The monoisotopic (exact) mass is 289 g/mol. The smallest absolute Gasteiger partial charge is 0.0434 e. The Morgan fingerprint density at radius 1 is 1.60 bits per heavy atom. The summed E-state index contributed by atoms with van der Waals surface area (Å²) in [5.41, 5.74) is 0. The second kappa shape index (κ2) is 5.43. The van der Waals surface area contributed by atoms with Crippen molar-refractivity contribution in [3.05, 3.63) is 20.8 Å². The fourth-order valence-electron chi connectivity index (χ4n) is 2.12. The van der Waals surface area contributed by atoms with Crippen molar-refractivity contribution in [2.45, 2.75) is 19.4 Å². The van der Waals surface area contributed by atoms with Crippen LogP contribution in [-0.2, 0) is 6.54 Å². The van der Waals surface area contributed by atoms with Gasteiger partial charge in [0.2, 0.25) is 0 Å². The van der Waals surface area contributed by atoms with E-state index in [0.29, 0.717) is 12.5 Å². The predicted octanol–water partition coefficient (Wildman–Crippen LogP) is 2.71. The Bertz CT molecular complexity index is 315. The summed E-state index contributed by atoms with van der Waals surface area (Å²) < 4.78 is 1.23. The average Bonchev–Trinajstić information content (AvgIpc) is 2.79. The van der Waals surface area contributed by atoms with Crippen molar-refractivity contribution >= 4 is 27.3 Å². The van der Waals surface area contributed by atoms with Crippen molar-refractivity contribution in [1.82, 2.24) is 4.90 Å². The highest BCUT2D eigenvalue weighted by atomic mass is 79.9. The SMILES string of the molecule is OCCC1CCN(Cc2sccc2Br)C1. The maximum absolute atomic E-state index is 8.89. The van der Waals surface area contributed by atoms with Crippen LogP contribution >= 0.6 is 27.3 Å². The van der Waals surface area contributed by atoms with Gasteiger partial charge in [-0.2, -0.15) is 0 Å². The Hall–Kier alpha value is 0.100. The zero-order valence-electron chi connectivity index (χ0n) is 8.66. The third-order valence-corrected chi connectivity index (χ3v) is 4.88. The Balaban J connectivity index is 1.85. The molecule has 2 nitrogen and oxygen atoms in total. The van der Waals surface area contributed by atoms with E-state index in [1.807, 2.05) is 11.3 Å². The lowest BCUT2D eigenvalue weighted by molar-refractivity contribution is 0.249. The molecule has 1 saturated heterocycles. The molecule has 0 aliphatic carbocycles. The van der Waals surface area contributed by atoms with Crippen LogP contribution in [-0.4, -0.2) is 29.7 Å². The van der Waals surface area contributed by atoms with Crippen LogP contribution in [0.4, 0.5) is 0 Å². The average molecular weight is 290 g/mol. The van der Waals surface area contributed by atoms with E-state index in [-0.39, 0.29) is 0 Å². The summed E-state index contributed by atoms with van der Waals surface area (Å²) >= 11 is 5.38. The van der Waals surface area contributed by atoms with Crippen LogP contribution in [0.1, 0.15) is 17.7 Å². The second-order valence-corrected chi connectivity index (χ2v) is 5.95. The van der Waals surface area contributed by atoms with Crippen LogP contribution in [0.3, 0.4) is 0 Å². The molecule has 1 N–H and O–H groups in total. The van der Waals surface area contributed by atoms with Crippen molar-refractivity contribution in [2.24, 2.45) is 5.92 Å². The highest BCUT2D eigenvalue weighted by molar-refractivity contribution is 9.10. The fourth-order valence-corrected chi connectivity index (χ4v) is 3.63. The molecule has 84 valence electrons. The molecule has 4 heteroatoms. The Labute approximate surface area is 103 Å². The van der Waals surface area contributed by atoms with Crippen molar-refractivity contribution in [2.75, 3.05) is 19.7 Å². The van der Waals surface area contributed by atoms with Gasteiger partial charge in [0, 0.05) is 29.0 Å². The maximum Gasteiger partial charge on any atom is 0.0434 e. The lowest BCUT2D eigenvalue weighted by Gasteiger charge is -2.14. The summed E-state index contributed by atoms with van der Waals surface area (Å²) in [6.45, 7) is 3.71. The molecule has 15 heavy (non-hydrogen) atoms. The fraction of sp³-hybridized carbons (Fsp3) is 0.636. The molecule has 2 heterocycles. The molecule has 1 fully saturated rings. The van der Waals surface area contributed by atoms with Crippen LogP contribution < -0.4 is 0 Å². The van der Waals surface area contributed by atoms with Crippen LogP contribution in [0.5, 0.6) is 0 Å². The molecular weight excluding hydrogens is 274 g/mol. The Morgan fingerprint density at radius 3 is 3.13 bits per heavy atom. The number of likely N-dealkylation sites (tertiary alicyclic amines) is 1. The lowest BCUT2D eigenvalue weighted by Crippen LogP contribution is -2.19. The molecule has 1 aliphatic rings. The van der Waals surface area contributed by atoms with Crippen molar-refractivity contribution in [3.8, 4) is 0 Å². The molecule has 0 saturated carbocycles. The summed E-state index contributed by atoms with van der Waals surface area (Å²) in [5, 5.41) is 11.0. The standard InChI is InChI=1S/C11H16BrNOS/c12-10-3-6-15-11(10)8-13-4-1-9(7-13)2-5-14/h3,6,9,14H,1-2,4-5,7-8H2. The van der Waals surface area contributed by atoms with Gasteiger partial charge in [0.25, 0.3) is 0 Å². The molecule has 0 aromatic carbocycles. The van der Waals surface area contributed by atoms with Gasteiger partial charge >= 0.3 is 0 Å². The third-order valence-electron chi connectivity index (χ3n) is 2.97. The van der Waals surface area contributed by atoms with Crippen molar-refractivity contribution in [1.29, 1.82) is 0 Å². The number of hydrogen-bond acceptors (Lipinski definition) is 3. The number of hydrogen-bond donors (Lipinski definition) is 1. The minimum absolute atomic E-state index is 0.335. The molecule has 1 unspecified atom stereocenters. The van der Waals surface area contributed by atoms with E-state index < -0.39 is 0 Å². The minimum Gasteiger partial charge on any atom is -0.396 e. The van der Waals surface area contributed by atoms with E-state index in [1.54, 1.807) is 0 Å². The van der Waals surface area contributed by atoms with E-state index in [1.165, 1.54) is 22.3 Å². The maximum atomic E-state index is 8.89. The normalized spacial score (nSPS) is 22.4. The number of aliphatic hydroxyl groups excluding tert-OH is 1. The first kappa shape index (κ1) is 11.6. The van der Waals surface area contributed by atoms with Crippen molar-refractivity contribution < 1.29 is 5.11 Å². The number of rotatable bonds is 4. The largest absolute Gasteiger partial charge is 0.396 e. The molecule has 0 radical (unpaired) electrons. The summed E-state index contributed by atoms with van der Waals surface area (Å²) in [6.07, 6.45) is 2.20. The van der Waals surface area contributed by atoms with E-state index in [4.69, 9.17) is 5.11 Å². The topological polar surface area (TPSA) is 23.5 Å². The zero-order chi connectivity index (χ0) is 10.7. The molecule has 1 aromatic heterocycles. The van der Waals surface area contributed by atoms with Crippen LogP contribution in [0, 0.1) is 5.92 Å². The number of thiophene rings is 1. The molecule has 0 bridgehead atoms. The first-order valence-electron chi connectivity index (χ1n) is 5.34. The number of aliphatic hydroxyl groups is 1. The van der Waals surface area contributed by atoms with Gasteiger partial charge in [0.15, 0.2) is 0 Å². The van der Waals surface area contributed by atoms with Crippen LogP contribution in [0.15, 0.2) is 15.9 Å². The first-order valence-corrected chi connectivity index (χ1v) is 7.02. The van der Waals surface area contributed by atoms with Gasteiger partial charge in [0.1, 0.15) is 0 Å². The Morgan fingerprint density at radius 2 is 2.47 bits per heavy atom. The van der Waals surface area contributed by atoms with E-state index in [2.05, 4.69) is 32.3 Å². The summed E-state index contributed by atoms with van der Waals surface area (Å²) in [5.74, 6) is 0.703. The van der Waals surface area contributed by atoms with Gasteiger partial charge in [-0.25, -0.2) is 0 Å². The highest BCUT2D eigenvalue weighted by Gasteiger charge is 2.22. The van der Waals surface area contributed by atoms with Crippen LogP contribution in [0.2, 0.25) is 0 Å². The van der Waals surface area contributed by atoms with Gasteiger partial charge in [-0.05, 0) is 52.7 Å². The molecular formula is C11H16BrNOS. The van der Waals surface area contributed by atoms with Gasteiger partial charge in [-0.3, -0.25) is 4.90 Å². The summed E-state index contributed by atoms with van der Waals surface area (Å²) in [6, 6.07) is 2.11.